The summed E-state index contributed by atoms with van der Waals surface area (Å²) >= 11 is 1.50. The van der Waals surface area contributed by atoms with Crippen LogP contribution in [0.5, 0.6) is 0 Å². The van der Waals surface area contributed by atoms with Crippen LogP contribution in [0.15, 0.2) is 59.1 Å². The molecule has 0 fully saturated rings. The van der Waals surface area contributed by atoms with Crippen LogP contribution < -0.4 is 10.9 Å². The van der Waals surface area contributed by atoms with Crippen molar-refractivity contribution in [3.8, 4) is 5.69 Å². The van der Waals surface area contributed by atoms with E-state index >= 15 is 0 Å². The molecule has 0 unspecified atom stereocenters. The third-order valence-corrected chi connectivity index (χ3v) is 5.20. The van der Waals surface area contributed by atoms with Crippen molar-refractivity contribution in [3.63, 3.8) is 0 Å². The summed E-state index contributed by atoms with van der Waals surface area (Å²) in [5.41, 5.74) is -1.11. The van der Waals surface area contributed by atoms with Gasteiger partial charge in [-0.1, -0.05) is 12.1 Å². The van der Waals surface area contributed by atoms with E-state index in [4.69, 9.17) is 0 Å². The summed E-state index contributed by atoms with van der Waals surface area (Å²) in [6, 6.07) is 8.32. The lowest BCUT2D eigenvalue weighted by Crippen LogP contribution is -2.32. The maximum atomic E-state index is 13.0. The molecule has 0 bridgehead atoms. The first-order valence-corrected chi connectivity index (χ1v) is 9.61. The molecule has 1 aromatic carbocycles. The van der Waals surface area contributed by atoms with Crippen LogP contribution in [0.1, 0.15) is 10.4 Å². The normalized spacial score (nSPS) is 11.7. The molecule has 0 aliphatic heterocycles. The average Bonchev–Trinajstić information content (AvgIpc) is 3.38. The number of nitrogens with zero attached hydrogens (tertiary/aromatic N) is 4. The quantitative estimate of drug-likeness (QED) is 0.525. The molecule has 7 nitrogen and oxygen atoms in total. The van der Waals surface area contributed by atoms with Crippen LogP contribution in [-0.2, 0) is 24.1 Å². The van der Waals surface area contributed by atoms with Gasteiger partial charge in [0.2, 0.25) is 5.91 Å². The van der Waals surface area contributed by atoms with Gasteiger partial charge in [-0.05, 0) is 29.6 Å². The molecule has 0 atom stereocenters. The van der Waals surface area contributed by atoms with Gasteiger partial charge in [0.15, 0.2) is 5.65 Å². The van der Waals surface area contributed by atoms with E-state index in [1.807, 2.05) is 17.5 Å². The Balaban J connectivity index is 1.59. The number of halogens is 3. The number of amides is 1. The molecule has 3 aromatic heterocycles. The maximum Gasteiger partial charge on any atom is 0.416 e. The number of rotatable bonds is 5. The number of hydrogen-bond donors (Lipinski definition) is 1. The molecule has 4 aromatic rings. The second-order valence-electron chi connectivity index (χ2n) is 6.38. The van der Waals surface area contributed by atoms with E-state index in [0.717, 1.165) is 26.3 Å². The average molecular weight is 433 g/mol. The number of aromatic nitrogens is 4. The Morgan fingerprint density at radius 3 is 2.77 bits per heavy atom. The first-order chi connectivity index (χ1) is 14.3. The second kappa shape index (κ2) is 7.75. The smallest absolute Gasteiger partial charge is 0.350 e. The van der Waals surface area contributed by atoms with E-state index in [2.05, 4.69) is 15.4 Å². The van der Waals surface area contributed by atoms with Crippen molar-refractivity contribution in [3.05, 3.63) is 75.1 Å². The highest BCUT2D eigenvalue weighted by molar-refractivity contribution is 7.09. The van der Waals surface area contributed by atoms with Crippen LogP contribution in [0.4, 0.5) is 13.2 Å². The molecule has 0 saturated carbocycles. The molecule has 0 radical (unpaired) electrons. The van der Waals surface area contributed by atoms with Crippen LogP contribution in [-0.4, -0.2) is 25.2 Å². The molecule has 154 valence electrons. The Bertz CT molecular complexity index is 1260. The Hall–Kier alpha value is -3.47. The van der Waals surface area contributed by atoms with Crippen molar-refractivity contribution in [1.82, 2.24) is 24.6 Å². The summed E-state index contributed by atoms with van der Waals surface area (Å²) in [5, 5.41) is 8.72. The molecule has 1 N–H and O–H groups in total. The van der Waals surface area contributed by atoms with Crippen molar-refractivity contribution in [2.75, 3.05) is 0 Å². The first-order valence-electron chi connectivity index (χ1n) is 8.73. The predicted octanol–water partition coefficient (Wildman–Crippen LogP) is 2.98. The van der Waals surface area contributed by atoms with E-state index < -0.39 is 17.3 Å². The lowest BCUT2D eigenvalue weighted by atomic mass is 10.2. The van der Waals surface area contributed by atoms with Gasteiger partial charge in [0.25, 0.3) is 5.56 Å². The Labute approximate surface area is 171 Å². The molecular formula is C19H14F3N5O2S. The number of carbonyl (C=O) groups is 1. The SMILES string of the molecule is O=C(Cn1cnc2c(cnn2-c2cccc(C(F)(F)F)c2)c1=O)NCc1cccs1. The Morgan fingerprint density at radius 1 is 1.20 bits per heavy atom. The van der Waals surface area contributed by atoms with Crippen LogP contribution in [0.2, 0.25) is 0 Å². The third kappa shape index (κ3) is 3.96. The van der Waals surface area contributed by atoms with E-state index in [1.54, 1.807) is 0 Å². The minimum atomic E-state index is -4.50. The van der Waals surface area contributed by atoms with Gasteiger partial charge in [0.1, 0.15) is 18.3 Å². The van der Waals surface area contributed by atoms with Crippen molar-refractivity contribution in [2.24, 2.45) is 0 Å². The lowest BCUT2D eigenvalue weighted by molar-refractivity contribution is -0.137. The third-order valence-electron chi connectivity index (χ3n) is 4.33. The van der Waals surface area contributed by atoms with Crippen LogP contribution in [0.3, 0.4) is 0 Å². The Kier molecular flexibility index (Phi) is 5.12. The van der Waals surface area contributed by atoms with E-state index in [0.29, 0.717) is 6.54 Å². The summed E-state index contributed by atoms with van der Waals surface area (Å²) in [6.07, 6.45) is -2.10. The first kappa shape index (κ1) is 19.8. The van der Waals surface area contributed by atoms with E-state index in [-0.39, 0.29) is 29.2 Å². The molecule has 0 aliphatic carbocycles. The number of alkyl halides is 3. The largest absolute Gasteiger partial charge is 0.416 e. The van der Waals surface area contributed by atoms with Gasteiger partial charge in [0, 0.05) is 4.88 Å². The van der Waals surface area contributed by atoms with Crippen molar-refractivity contribution in [2.45, 2.75) is 19.3 Å². The molecule has 30 heavy (non-hydrogen) atoms. The number of carbonyl (C=O) groups excluding carboxylic acids is 1. The summed E-state index contributed by atoms with van der Waals surface area (Å²) in [5.74, 6) is -0.364. The van der Waals surface area contributed by atoms with E-state index in [1.165, 1.54) is 36.0 Å². The molecule has 1 amide bonds. The minimum Gasteiger partial charge on any atom is -0.350 e. The summed E-state index contributed by atoms with van der Waals surface area (Å²) in [6.45, 7) is 0.121. The predicted molar refractivity (Wildman–Crippen MR) is 104 cm³/mol. The van der Waals surface area contributed by atoms with Crippen LogP contribution >= 0.6 is 11.3 Å². The maximum absolute atomic E-state index is 13.0. The fourth-order valence-corrected chi connectivity index (χ4v) is 3.52. The number of hydrogen-bond acceptors (Lipinski definition) is 5. The number of fused-ring (bicyclic) bond motifs is 1. The van der Waals surface area contributed by atoms with Crippen LogP contribution in [0.25, 0.3) is 16.7 Å². The molecular weight excluding hydrogens is 419 g/mol. The topological polar surface area (TPSA) is 81.8 Å². The summed E-state index contributed by atoms with van der Waals surface area (Å²) in [7, 11) is 0. The zero-order chi connectivity index (χ0) is 21.3. The summed E-state index contributed by atoms with van der Waals surface area (Å²) in [4.78, 5) is 29.9. The minimum absolute atomic E-state index is 0.0981. The molecule has 11 heteroatoms. The second-order valence-corrected chi connectivity index (χ2v) is 7.41. The van der Waals surface area contributed by atoms with Gasteiger partial charge >= 0.3 is 6.18 Å². The fourth-order valence-electron chi connectivity index (χ4n) is 2.87. The van der Waals surface area contributed by atoms with Gasteiger partial charge in [-0.2, -0.15) is 18.3 Å². The van der Waals surface area contributed by atoms with Crippen molar-refractivity contribution < 1.29 is 18.0 Å². The fraction of sp³-hybridized carbons (Fsp3) is 0.158. The number of nitrogens with one attached hydrogen (secondary N) is 1. The highest BCUT2D eigenvalue weighted by Gasteiger charge is 2.30. The van der Waals surface area contributed by atoms with Gasteiger partial charge in [-0.15, -0.1) is 11.3 Å². The summed E-state index contributed by atoms with van der Waals surface area (Å²) < 4.78 is 41.2. The van der Waals surface area contributed by atoms with Gasteiger partial charge in [-0.25, -0.2) is 9.67 Å². The van der Waals surface area contributed by atoms with Crippen LogP contribution in [0, 0.1) is 0 Å². The molecule has 0 spiro atoms. The van der Waals surface area contributed by atoms with Crippen molar-refractivity contribution in [1.29, 1.82) is 0 Å². The van der Waals surface area contributed by atoms with Crippen molar-refractivity contribution >= 4 is 28.3 Å². The van der Waals surface area contributed by atoms with Gasteiger partial charge in [0.05, 0.1) is 24.0 Å². The highest BCUT2D eigenvalue weighted by atomic mass is 32.1. The van der Waals surface area contributed by atoms with Gasteiger partial charge in [-0.3, -0.25) is 14.2 Å². The lowest BCUT2D eigenvalue weighted by Gasteiger charge is -2.09. The van der Waals surface area contributed by atoms with Gasteiger partial charge < -0.3 is 5.32 Å². The zero-order valence-electron chi connectivity index (χ0n) is 15.3. The number of thiophene rings is 1. The standard InChI is InChI=1S/C19H14F3N5O2S/c20-19(21,22)12-3-1-4-13(7-12)27-17-15(9-25-27)18(29)26(11-24-17)10-16(28)23-8-14-5-2-6-30-14/h1-7,9,11H,8,10H2,(H,23,28). The molecule has 0 aliphatic rings. The highest BCUT2D eigenvalue weighted by Crippen LogP contribution is 2.30. The number of benzene rings is 1. The zero-order valence-corrected chi connectivity index (χ0v) is 16.1. The van der Waals surface area contributed by atoms with E-state index in [9.17, 15) is 22.8 Å². The molecule has 4 rings (SSSR count). The monoisotopic (exact) mass is 433 g/mol. The molecule has 0 saturated heterocycles. The molecule has 3 heterocycles. The Morgan fingerprint density at radius 2 is 2.03 bits per heavy atom.